The van der Waals surface area contributed by atoms with Crippen molar-refractivity contribution in [2.24, 2.45) is 11.7 Å². The molecule has 0 spiro atoms. The predicted octanol–water partition coefficient (Wildman–Crippen LogP) is 1.82. The van der Waals surface area contributed by atoms with Crippen molar-refractivity contribution in [2.75, 3.05) is 44.8 Å². The quantitative estimate of drug-likeness (QED) is 0.102. The van der Waals surface area contributed by atoms with Gasteiger partial charge in [0.2, 0.25) is 35.4 Å². The molecule has 63 heavy (non-hydrogen) atoms. The Morgan fingerprint density at radius 1 is 0.921 bits per heavy atom. The van der Waals surface area contributed by atoms with Crippen LogP contribution in [0.5, 0.6) is 0 Å². The first-order valence-electron chi connectivity index (χ1n) is 21.5. The van der Waals surface area contributed by atoms with Gasteiger partial charge in [0.1, 0.15) is 61.1 Å². The highest BCUT2D eigenvalue weighted by atomic mass is 127. The lowest BCUT2D eigenvalue weighted by Gasteiger charge is -2.35. The highest BCUT2D eigenvalue weighted by molar-refractivity contribution is 14.1. The number of carbonyl (C=O) groups excluding carboxylic acids is 8. The molecule has 5 N–H and O–H groups in total. The second-order valence-corrected chi connectivity index (χ2v) is 16.1. The molecular weight excluding hydrogens is 939 g/mol. The van der Waals surface area contributed by atoms with Crippen LogP contribution in [0.15, 0.2) is 30.4 Å². The summed E-state index contributed by atoms with van der Waals surface area (Å²) in [6.45, 7) is 0.498. The van der Waals surface area contributed by atoms with Gasteiger partial charge in [-0.2, -0.15) is 0 Å². The monoisotopic (exact) mass is 999 g/mol. The van der Waals surface area contributed by atoms with Crippen molar-refractivity contribution in [1.29, 1.82) is 0 Å². The van der Waals surface area contributed by atoms with E-state index in [0.717, 1.165) is 49.1 Å². The molecule has 5 rings (SSSR count). The molecule has 0 aromatic heterocycles. The number of likely N-dealkylation sites (N-methyl/N-ethyl adjacent to an activating group) is 1. The highest BCUT2D eigenvalue weighted by Crippen LogP contribution is 2.26. The van der Waals surface area contributed by atoms with Crippen LogP contribution in [0.1, 0.15) is 83.1 Å². The van der Waals surface area contributed by atoms with Crippen molar-refractivity contribution in [3.63, 3.8) is 0 Å². The van der Waals surface area contributed by atoms with Crippen molar-refractivity contribution in [2.45, 2.75) is 120 Å². The molecule has 17 nitrogen and oxygen atoms in total. The molecule has 4 aliphatic rings. The normalized spacial score (nSPS) is 24.5. The lowest BCUT2D eigenvalue weighted by molar-refractivity contribution is -0.158. The molecule has 6 amide bonds. The standard InChI is InChI=1S/C42H57F2N7O10.CH3I/c1-25-39(56)51-18-8-12-33(51)42(59)61-23-31(40(57)50-17-7-11-32(50)41(58)49(2)34(38(55)46-25)24-60-36(53)13-6-16-45)48-37(54)30(21-27-19-28(43)22-29(44)20-27)47-35(52)15-14-26-9-4-3-5-10-26;1-2/h14-15,19-20,22,25-26,30-34H,3-13,16-18,21,23-24,45H2,1-2H3,(H,46,55)(H,47,52)(H,48,54);1H3/b15-14+;/t25-,30-,31-,32-,33-,34-;/m0./s1. The topological polar surface area (TPSA) is 227 Å². The van der Waals surface area contributed by atoms with Gasteiger partial charge < -0.3 is 45.9 Å². The number of hydrogen-bond donors (Lipinski definition) is 4. The number of benzene rings is 1. The lowest BCUT2D eigenvalue weighted by Crippen LogP contribution is -2.61. The maximum atomic E-state index is 14.5. The predicted molar refractivity (Wildman–Crippen MR) is 233 cm³/mol. The van der Waals surface area contributed by atoms with Gasteiger partial charge in [0.05, 0.1) is 0 Å². The van der Waals surface area contributed by atoms with Crippen molar-refractivity contribution in [3.8, 4) is 0 Å². The van der Waals surface area contributed by atoms with E-state index >= 15 is 0 Å². The summed E-state index contributed by atoms with van der Waals surface area (Å²) in [5.41, 5.74) is 5.54. The Balaban J connectivity index is 0.00000429. The largest absolute Gasteiger partial charge is 0.463 e. The summed E-state index contributed by atoms with van der Waals surface area (Å²) in [5, 5.41) is 7.74. The molecule has 6 atom stereocenters. The van der Waals surface area contributed by atoms with Crippen molar-refractivity contribution < 1.29 is 56.6 Å². The van der Waals surface area contributed by atoms with Gasteiger partial charge in [-0.25, -0.2) is 13.6 Å². The fourth-order valence-corrected chi connectivity index (χ4v) is 8.28. The van der Waals surface area contributed by atoms with E-state index in [1.54, 1.807) is 6.08 Å². The van der Waals surface area contributed by atoms with E-state index < -0.39 is 115 Å². The van der Waals surface area contributed by atoms with Crippen LogP contribution in [0.4, 0.5) is 8.78 Å². The van der Waals surface area contributed by atoms with Crippen LogP contribution < -0.4 is 21.7 Å². The number of rotatable bonds is 12. The van der Waals surface area contributed by atoms with Gasteiger partial charge in [-0.3, -0.25) is 33.6 Å². The molecule has 3 saturated heterocycles. The number of nitrogens with one attached hydrogen (secondary N) is 3. The van der Waals surface area contributed by atoms with Gasteiger partial charge in [-0.1, -0.05) is 47.9 Å². The second-order valence-electron chi connectivity index (χ2n) is 16.1. The first kappa shape index (κ1) is 50.9. The summed E-state index contributed by atoms with van der Waals surface area (Å²) in [7, 11) is 1.31. The maximum Gasteiger partial charge on any atom is 0.328 e. The molecule has 4 fully saturated rings. The third kappa shape index (κ3) is 14.4. The number of esters is 2. The zero-order valence-corrected chi connectivity index (χ0v) is 38.2. The summed E-state index contributed by atoms with van der Waals surface area (Å²) in [5.74, 6) is -7.80. The molecule has 20 heteroatoms. The van der Waals surface area contributed by atoms with E-state index in [1.165, 1.54) is 29.8 Å². The van der Waals surface area contributed by atoms with Gasteiger partial charge in [-0.15, -0.1) is 0 Å². The lowest BCUT2D eigenvalue weighted by atomic mass is 9.89. The maximum absolute atomic E-state index is 14.5. The van der Waals surface area contributed by atoms with Gasteiger partial charge in [-0.05, 0) is 93.0 Å². The van der Waals surface area contributed by atoms with Crippen LogP contribution in [-0.4, -0.2) is 143 Å². The van der Waals surface area contributed by atoms with Crippen LogP contribution in [0, 0.1) is 17.6 Å². The Kier molecular flexibility index (Phi) is 20.2. The molecule has 0 unspecified atom stereocenters. The number of allylic oxidation sites excluding steroid dienone is 1. The van der Waals surface area contributed by atoms with Crippen molar-refractivity contribution >= 4 is 70.0 Å². The SMILES string of the molecule is CI.C[C@@H]1NC(=O)[C@H](COC(=O)CCCN)N(C)C(=O)[C@@H]2CCCN2C(=O)[C@@H](NC(=O)[C@H](Cc2cc(F)cc(F)c2)NC(=O)/C=C/C2CCCCC2)COC(=O)[C@@H]2CCCN2C1=O. The summed E-state index contributed by atoms with van der Waals surface area (Å²) in [6.07, 6.45) is 8.98. The average Bonchev–Trinajstić information content (AvgIpc) is 3.97. The van der Waals surface area contributed by atoms with Gasteiger partial charge in [0.25, 0.3) is 0 Å². The Morgan fingerprint density at radius 2 is 1.56 bits per heavy atom. The van der Waals surface area contributed by atoms with Crippen LogP contribution in [0.25, 0.3) is 0 Å². The zero-order valence-electron chi connectivity index (χ0n) is 36.1. The Bertz CT molecular complexity index is 1830. The number of alkyl halides is 1. The third-order valence-electron chi connectivity index (χ3n) is 11.6. The van der Waals surface area contributed by atoms with E-state index in [9.17, 15) is 47.1 Å². The molecule has 0 bridgehead atoms. The molecule has 3 aliphatic heterocycles. The number of ether oxygens (including phenoxy) is 2. The van der Waals surface area contributed by atoms with Crippen LogP contribution in [0.3, 0.4) is 0 Å². The smallest absolute Gasteiger partial charge is 0.328 e. The summed E-state index contributed by atoms with van der Waals surface area (Å²) in [4.78, 5) is 115. The zero-order chi connectivity index (χ0) is 46.2. The minimum absolute atomic E-state index is 0.0297. The summed E-state index contributed by atoms with van der Waals surface area (Å²) < 4.78 is 39.6. The van der Waals surface area contributed by atoms with Crippen LogP contribution >= 0.6 is 22.6 Å². The average molecular weight is 1000 g/mol. The molecule has 1 aromatic carbocycles. The molecule has 1 saturated carbocycles. The molecule has 1 aliphatic carbocycles. The Hall–Kier alpha value is -4.73. The number of cyclic esters (lactones) is 1. The first-order valence-corrected chi connectivity index (χ1v) is 23.6. The van der Waals surface area contributed by atoms with E-state index in [0.29, 0.717) is 25.3 Å². The third-order valence-corrected chi connectivity index (χ3v) is 11.6. The molecular formula is C43H60F2IN7O10. The first-order chi connectivity index (χ1) is 30.2. The van der Waals surface area contributed by atoms with Crippen LogP contribution in [0.2, 0.25) is 0 Å². The van der Waals surface area contributed by atoms with E-state index in [2.05, 4.69) is 38.5 Å². The van der Waals surface area contributed by atoms with Crippen molar-refractivity contribution in [3.05, 3.63) is 47.5 Å². The fourth-order valence-electron chi connectivity index (χ4n) is 8.28. The number of nitrogens with two attached hydrogens (primary N) is 1. The minimum Gasteiger partial charge on any atom is -0.463 e. The Labute approximate surface area is 380 Å². The number of amides is 6. The summed E-state index contributed by atoms with van der Waals surface area (Å²) >= 11 is 2.15. The van der Waals surface area contributed by atoms with E-state index in [4.69, 9.17) is 15.2 Å². The van der Waals surface area contributed by atoms with E-state index in [-0.39, 0.29) is 50.4 Å². The van der Waals surface area contributed by atoms with Crippen molar-refractivity contribution in [1.82, 2.24) is 30.7 Å². The highest BCUT2D eigenvalue weighted by Gasteiger charge is 2.44. The fraction of sp³-hybridized carbons (Fsp3) is 0.628. The molecule has 3 heterocycles. The molecule has 0 radical (unpaired) electrons. The second kappa shape index (κ2) is 24.9. The number of hydrogen-bond acceptors (Lipinski definition) is 11. The molecule has 348 valence electrons. The number of halogens is 3. The van der Waals surface area contributed by atoms with E-state index in [1.807, 2.05) is 4.93 Å². The van der Waals surface area contributed by atoms with Gasteiger partial charge in [0, 0.05) is 39.0 Å². The minimum atomic E-state index is -1.64. The Morgan fingerprint density at radius 3 is 2.21 bits per heavy atom. The van der Waals surface area contributed by atoms with Gasteiger partial charge in [0.15, 0.2) is 0 Å². The number of nitrogens with zero attached hydrogens (tertiary/aromatic N) is 3. The van der Waals surface area contributed by atoms with Crippen LogP contribution in [-0.2, 0) is 54.3 Å². The number of carbonyl (C=O) groups is 8. The summed E-state index contributed by atoms with van der Waals surface area (Å²) in [6, 6.07) is -5.34. The molecule has 1 aromatic rings. The van der Waals surface area contributed by atoms with Gasteiger partial charge >= 0.3 is 11.9 Å². The number of fused-ring (bicyclic) bond motifs is 2.